The molecule has 0 fully saturated rings. The van der Waals surface area contributed by atoms with Crippen LogP contribution in [0.1, 0.15) is 26.2 Å². The predicted molar refractivity (Wildman–Crippen MR) is 64.3 cm³/mol. The van der Waals surface area contributed by atoms with E-state index in [1.165, 1.54) is 6.04 Å². The fraction of sp³-hybridized carbons (Fsp3) is 0.750. The van der Waals surface area contributed by atoms with Gasteiger partial charge in [-0.25, -0.2) is 0 Å². The quantitative estimate of drug-likeness (QED) is 0.513. The lowest BCUT2D eigenvalue weighted by Gasteiger charge is -2.25. The van der Waals surface area contributed by atoms with Crippen LogP contribution in [0.15, 0.2) is 11.6 Å². The van der Waals surface area contributed by atoms with Gasteiger partial charge in [-0.15, -0.1) is 0 Å². The van der Waals surface area contributed by atoms with Gasteiger partial charge < -0.3 is 0 Å². The van der Waals surface area contributed by atoms with Crippen LogP contribution in [-0.2, 0) is 4.79 Å². The Bertz CT molecular complexity index is 248. The third-order valence-corrected chi connectivity index (χ3v) is 4.30. The second-order valence-corrected chi connectivity index (χ2v) is 11.2. The number of allylic oxidation sites excluding steroid dienone is 2. The summed E-state index contributed by atoms with van der Waals surface area (Å²) in [6, 6.07) is 1.27. The number of carbonyl (C=O) groups is 1. The number of ketones is 1. The smallest absolute Gasteiger partial charge is 0.133 e. The van der Waals surface area contributed by atoms with Gasteiger partial charge in [-0.2, -0.15) is 0 Å². The maximum absolute atomic E-state index is 11.3. The predicted octanol–water partition coefficient (Wildman–Crippen LogP) is 3.64. The van der Waals surface area contributed by atoms with Crippen LogP contribution in [0.5, 0.6) is 0 Å². The molecule has 0 bridgehead atoms. The van der Waals surface area contributed by atoms with Crippen LogP contribution in [-0.4, -0.2) is 13.9 Å². The first kappa shape index (κ1) is 11.7. The summed E-state index contributed by atoms with van der Waals surface area (Å²) in [5.41, 5.74) is 1.55. The van der Waals surface area contributed by atoms with Gasteiger partial charge in [0.1, 0.15) is 5.78 Å². The van der Waals surface area contributed by atoms with Crippen LogP contribution < -0.4 is 0 Å². The standard InChI is InChI=1S/C12H22OSi/c1-10(13)12-7-5-6-11(8-12)9-14(2,3)4/h6,12H,5,7-9H2,1-4H3. The molecular weight excluding hydrogens is 188 g/mol. The van der Waals surface area contributed by atoms with Gasteiger partial charge in [0, 0.05) is 14.0 Å². The van der Waals surface area contributed by atoms with Gasteiger partial charge in [-0.3, -0.25) is 4.79 Å². The molecular formula is C12H22OSi. The molecule has 0 radical (unpaired) electrons. The number of Topliss-reactive ketones (excluding diaryl/α,β-unsaturated/α-hetero) is 1. The third kappa shape index (κ3) is 3.78. The van der Waals surface area contributed by atoms with Crippen LogP contribution in [0.3, 0.4) is 0 Å². The molecule has 0 heterocycles. The van der Waals surface area contributed by atoms with Crippen LogP contribution >= 0.6 is 0 Å². The Hall–Kier alpha value is -0.373. The van der Waals surface area contributed by atoms with Gasteiger partial charge in [-0.1, -0.05) is 31.3 Å². The molecule has 0 spiro atoms. The summed E-state index contributed by atoms with van der Waals surface area (Å²) >= 11 is 0. The zero-order chi connectivity index (χ0) is 10.8. The molecule has 1 atom stereocenters. The van der Waals surface area contributed by atoms with Crippen LogP contribution in [0.4, 0.5) is 0 Å². The van der Waals surface area contributed by atoms with Crippen molar-refractivity contribution in [3.8, 4) is 0 Å². The van der Waals surface area contributed by atoms with E-state index in [9.17, 15) is 4.79 Å². The minimum atomic E-state index is -0.989. The summed E-state index contributed by atoms with van der Waals surface area (Å²) in [6.45, 7) is 8.92. The van der Waals surface area contributed by atoms with Gasteiger partial charge in [0.25, 0.3) is 0 Å². The Morgan fingerprint density at radius 3 is 2.64 bits per heavy atom. The molecule has 1 aliphatic rings. The number of carbonyl (C=O) groups excluding carboxylic acids is 1. The lowest BCUT2D eigenvalue weighted by atomic mass is 9.87. The highest BCUT2D eigenvalue weighted by Gasteiger charge is 2.23. The summed E-state index contributed by atoms with van der Waals surface area (Å²) in [5, 5.41) is 0. The highest BCUT2D eigenvalue weighted by atomic mass is 28.3. The van der Waals surface area contributed by atoms with E-state index in [-0.39, 0.29) is 0 Å². The first-order chi connectivity index (χ1) is 6.38. The molecule has 0 saturated heterocycles. The molecule has 0 saturated carbocycles. The van der Waals surface area contributed by atoms with Crippen molar-refractivity contribution in [2.24, 2.45) is 5.92 Å². The Balaban J connectivity index is 2.56. The van der Waals surface area contributed by atoms with Crippen LogP contribution in [0, 0.1) is 5.92 Å². The topological polar surface area (TPSA) is 17.1 Å². The number of hydrogen-bond acceptors (Lipinski definition) is 1. The summed E-state index contributed by atoms with van der Waals surface area (Å²) in [5.74, 6) is 0.706. The summed E-state index contributed by atoms with van der Waals surface area (Å²) in [6.07, 6.45) is 5.60. The van der Waals surface area contributed by atoms with E-state index in [1.54, 1.807) is 12.5 Å². The summed E-state index contributed by atoms with van der Waals surface area (Å²) in [7, 11) is -0.989. The van der Waals surface area contributed by atoms with E-state index in [0.717, 1.165) is 19.3 Å². The van der Waals surface area contributed by atoms with Crippen molar-refractivity contribution in [3.63, 3.8) is 0 Å². The maximum Gasteiger partial charge on any atom is 0.133 e. The van der Waals surface area contributed by atoms with Gasteiger partial charge >= 0.3 is 0 Å². The molecule has 80 valence electrons. The molecule has 1 nitrogen and oxygen atoms in total. The maximum atomic E-state index is 11.3. The average Bonchev–Trinajstić information content (AvgIpc) is 2.01. The van der Waals surface area contributed by atoms with E-state index in [4.69, 9.17) is 0 Å². The van der Waals surface area contributed by atoms with Crippen LogP contribution in [0.25, 0.3) is 0 Å². The lowest BCUT2D eigenvalue weighted by Crippen LogP contribution is -2.23. The third-order valence-electron chi connectivity index (χ3n) is 2.79. The molecule has 0 aromatic heterocycles. The van der Waals surface area contributed by atoms with Crippen molar-refractivity contribution in [1.29, 1.82) is 0 Å². The van der Waals surface area contributed by atoms with E-state index in [1.807, 2.05) is 0 Å². The molecule has 0 aromatic rings. The molecule has 1 aliphatic carbocycles. The van der Waals surface area contributed by atoms with Crippen LogP contribution in [0.2, 0.25) is 25.7 Å². The van der Waals surface area contributed by atoms with E-state index >= 15 is 0 Å². The first-order valence-electron chi connectivity index (χ1n) is 5.57. The summed E-state index contributed by atoms with van der Waals surface area (Å²) < 4.78 is 0. The second-order valence-electron chi connectivity index (χ2n) is 5.69. The number of hydrogen-bond donors (Lipinski definition) is 0. The zero-order valence-electron chi connectivity index (χ0n) is 9.89. The Morgan fingerprint density at radius 2 is 2.14 bits per heavy atom. The van der Waals surface area contributed by atoms with Crippen molar-refractivity contribution >= 4 is 13.9 Å². The molecule has 2 heteroatoms. The van der Waals surface area contributed by atoms with Crippen molar-refractivity contribution in [1.82, 2.24) is 0 Å². The second kappa shape index (κ2) is 4.43. The van der Waals surface area contributed by atoms with Gasteiger partial charge in [0.15, 0.2) is 0 Å². The Kier molecular flexibility index (Phi) is 3.70. The normalized spacial score (nSPS) is 23.1. The highest BCUT2D eigenvalue weighted by Crippen LogP contribution is 2.30. The van der Waals surface area contributed by atoms with Gasteiger partial charge in [0.2, 0.25) is 0 Å². The largest absolute Gasteiger partial charge is 0.300 e. The minimum Gasteiger partial charge on any atom is -0.300 e. The SMILES string of the molecule is CC(=O)C1CCC=C(C[Si](C)(C)C)C1. The molecule has 1 rings (SSSR count). The molecule has 1 unspecified atom stereocenters. The zero-order valence-corrected chi connectivity index (χ0v) is 10.9. The Labute approximate surface area is 88.6 Å². The van der Waals surface area contributed by atoms with E-state index < -0.39 is 8.07 Å². The molecule has 0 aliphatic heterocycles. The van der Waals surface area contributed by atoms with Crippen molar-refractivity contribution < 1.29 is 4.79 Å². The fourth-order valence-corrected chi connectivity index (χ4v) is 3.81. The first-order valence-corrected chi connectivity index (χ1v) is 9.27. The molecule has 0 N–H and O–H groups in total. The van der Waals surface area contributed by atoms with E-state index in [0.29, 0.717) is 11.7 Å². The monoisotopic (exact) mass is 210 g/mol. The average molecular weight is 210 g/mol. The Morgan fingerprint density at radius 1 is 1.50 bits per heavy atom. The van der Waals surface area contributed by atoms with Crippen molar-refractivity contribution in [2.45, 2.75) is 51.9 Å². The highest BCUT2D eigenvalue weighted by molar-refractivity contribution is 6.76. The van der Waals surface area contributed by atoms with Gasteiger partial charge in [-0.05, 0) is 32.2 Å². The summed E-state index contributed by atoms with van der Waals surface area (Å²) in [4.78, 5) is 11.3. The minimum absolute atomic E-state index is 0.325. The van der Waals surface area contributed by atoms with Crippen molar-refractivity contribution in [3.05, 3.63) is 11.6 Å². The lowest BCUT2D eigenvalue weighted by molar-refractivity contribution is -0.121. The fourth-order valence-electron chi connectivity index (χ4n) is 2.16. The molecule has 0 aromatic carbocycles. The molecule has 14 heavy (non-hydrogen) atoms. The van der Waals surface area contributed by atoms with Gasteiger partial charge in [0.05, 0.1) is 0 Å². The van der Waals surface area contributed by atoms with E-state index in [2.05, 4.69) is 25.7 Å². The number of rotatable bonds is 3. The van der Waals surface area contributed by atoms with Crippen molar-refractivity contribution in [2.75, 3.05) is 0 Å². The molecule has 0 amide bonds.